The zero-order chi connectivity index (χ0) is 33.8. The molecular weight excluding hydrogens is 611 g/mol. The Bertz CT molecular complexity index is 2920. The molecule has 7 aromatic carbocycles. The third-order valence-corrected chi connectivity index (χ3v) is 9.62. The normalized spacial score (nSPS) is 11.1. The maximum atomic E-state index is 10.6. The number of hydrogen-bond acceptors (Lipinski definition) is 2. The minimum Gasteiger partial charge on any atom is -0.309 e. The molecule has 0 aliphatic rings. The highest BCUT2D eigenvalue weighted by atomic mass is 15.0. The molecule has 2 heterocycles. The van der Waals surface area contributed by atoms with Crippen LogP contribution in [0.5, 0.6) is 0 Å². The highest BCUT2D eigenvalue weighted by molar-refractivity contribution is 6.11. The summed E-state index contributed by atoms with van der Waals surface area (Å²) in [6.45, 7) is 7.64. The van der Waals surface area contributed by atoms with Crippen LogP contribution in [0.2, 0.25) is 0 Å². The molecule has 5 heteroatoms. The fourth-order valence-electron chi connectivity index (χ4n) is 7.44. The van der Waals surface area contributed by atoms with Gasteiger partial charge in [0.25, 0.3) is 0 Å². The van der Waals surface area contributed by atoms with E-state index in [9.17, 15) is 10.5 Å². The molecule has 0 saturated carbocycles. The summed E-state index contributed by atoms with van der Waals surface area (Å²) in [5, 5.41) is 24.5. The van der Waals surface area contributed by atoms with Crippen LogP contribution in [0.25, 0.3) is 82.1 Å². The van der Waals surface area contributed by atoms with Gasteiger partial charge in [0.05, 0.1) is 51.7 Å². The molecule has 0 amide bonds. The second kappa shape index (κ2) is 11.4. The largest absolute Gasteiger partial charge is 0.309 e. The Labute approximate surface area is 288 Å². The van der Waals surface area contributed by atoms with Gasteiger partial charge in [-0.2, -0.15) is 10.5 Å². The van der Waals surface area contributed by atoms with Crippen LogP contribution in [0.15, 0.2) is 152 Å². The lowest BCUT2D eigenvalue weighted by molar-refractivity contribution is 1.17. The summed E-state index contributed by atoms with van der Waals surface area (Å²) in [5.74, 6) is 0. The van der Waals surface area contributed by atoms with Gasteiger partial charge in [-0.05, 0) is 71.3 Å². The lowest BCUT2D eigenvalue weighted by Gasteiger charge is -2.18. The average Bonchev–Trinajstić information content (AvgIpc) is 3.69. The molecule has 0 saturated heterocycles. The summed E-state index contributed by atoms with van der Waals surface area (Å²) in [4.78, 5) is 3.67. The molecular formula is C45H25N5. The van der Waals surface area contributed by atoms with Gasteiger partial charge in [0.15, 0.2) is 5.69 Å². The Kier molecular flexibility index (Phi) is 6.56. The molecule has 2 aromatic heterocycles. The van der Waals surface area contributed by atoms with E-state index >= 15 is 0 Å². The molecule has 0 aliphatic heterocycles. The quantitative estimate of drug-likeness (QED) is 0.181. The van der Waals surface area contributed by atoms with E-state index in [1.165, 1.54) is 10.8 Å². The van der Waals surface area contributed by atoms with Crippen LogP contribution < -0.4 is 0 Å². The standard InChI is InChI=1S/C45H25N5/c1-48-32-20-21-38-39-24-29(27-46)18-22-44(39)49(45(38)26-32)40-23-19-30(25-31(40)28-47)33-10-2-3-11-34(33)35-12-4-7-15-41(35)50-42-16-8-5-13-36(42)37-14-6-9-17-43(37)50/h2-26H. The molecule has 0 radical (unpaired) electrons. The van der Waals surface area contributed by atoms with E-state index in [0.717, 1.165) is 60.8 Å². The van der Waals surface area contributed by atoms with E-state index in [2.05, 4.69) is 119 Å². The first-order chi connectivity index (χ1) is 24.7. The molecule has 0 bridgehead atoms. The van der Waals surface area contributed by atoms with Gasteiger partial charge in [-0.25, -0.2) is 4.85 Å². The van der Waals surface area contributed by atoms with Gasteiger partial charge >= 0.3 is 0 Å². The van der Waals surface area contributed by atoms with Gasteiger partial charge in [0.2, 0.25) is 0 Å². The molecule has 0 unspecified atom stereocenters. The summed E-state index contributed by atoms with van der Waals surface area (Å²) in [6.07, 6.45) is 0. The fraction of sp³-hybridized carbons (Fsp3) is 0. The van der Waals surface area contributed by atoms with Crippen molar-refractivity contribution in [3.8, 4) is 45.8 Å². The van der Waals surface area contributed by atoms with Gasteiger partial charge in [-0.15, -0.1) is 0 Å². The molecule has 9 aromatic rings. The van der Waals surface area contributed by atoms with Gasteiger partial charge in [-0.1, -0.05) is 97.1 Å². The molecule has 9 rings (SSSR count). The summed E-state index contributed by atoms with van der Waals surface area (Å²) in [6, 6.07) is 55.8. The predicted molar refractivity (Wildman–Crippen MR) is 202 cm³/mol. The van der Waals surface area contributed by atoms with Gasteiger partial charge in [0, 0.05) is 32.6 Å². The molecule has 5 nitrogen and oxygen atoms in total. The van der Waals surface area contributed by atoms with Crippen molar-refractivity contribution >= 4 is 49.3 Å². The van der Waals surface area contributed by atoms with Crippen molar-refractivity contribution in [2.45, 2.75) is 0 Å². The third kappa shape index (κ3) is 4.31. The average molecular weight is 636 g/mol. The smallest absolute Gasteiger partial charge is 0.189 e. The first-order valence-corrected chi connectivity index (χ1v) is 16.3. The van der Waals surface area contributed by atoms with Crippen LogP contribution in [0.1, 0.15) is 11.1 Å². The Balaban J connectivity index is 1.25. The van der Waals surface area contributed by atoms with E-state index in [0.29, 0.717) is 22.5 Å². The minimum atomic E-state index is 0.504. The minimum absolute atomic E-state index is 0.504. The van der Waals surface area contributed by atoms with E-state index in [4.69, 9.17) is 6.57 Å². The number of hydrogen-bond donors (Lipinski definition) is 0. The monoisotopic (exact) mass is 635 g/mol. The number of nitrogens with zero attached hydrogens (tertiary/aromatic N) is 5. The Morgan fingerprint density at radius 2 is 1.08 bits per heavy atom. The highest BCUT2D eigenvalue weighted by Gasteiger charge is 2.20. The summed E-state index contributed by atoms with van der Waals surface area (Å²) < 4.78 is 4.38. The molecule has 230 valence electrons. The van der Waals surface area contributed by atoms with Crippen LogP contribution in [-0.4, -0.2) is 9.13 Å². The van der Waals surface area contributed by atoms with Gasteiger partial charge in [0.1, 0.15) is 6.07 Å². The van der Waals surface area contributed by atoms with Crippen LogP contribution >= 0.6 is 0 Å². The SMILES string of the molecule is [C-]#[N+]c1ccc2c3cc(C#N)ccc3n(-c3ccc(-c4ccccc4-c4ccccc4-n4c5ccccc5c5ccccc54)cc3C#N)c2c1. The zero-order valence-electron chi connectivity index (χ0n) is 26.7. The summed E-state index contributed by atoms with van der Waals surface area (Å²) in [7, 11) is 0. The van der Waals surface area contributed by atoms with Crippen LogP contribution in [0.4, 0.5) is 5.69 Å². The molecule has 0 N–H and O–H groups in total. The summed E-state index contributed by atoms with van der Waals surface area (Å²) in [5.41, 5.74) is 11.4. The predicted octanol–water partition coefficient (Wildman–Crippen LogP) is 11.5. The Morgan fingerprint density at radius 3 is 1.80 bits per heavy atom. The van der Waals surface area contributed by atoms with E-state index in [1.54, 1.807) is 12.1 Å². The second-order valence-electron chi connectivity index (χ2n) is 12.3. The van der Waals surface area contributed by atoms with E-state index < -0.39 is 0 Å². The van der Waals surface area contributed by atoms with Crippen molar-refractivity contribution in [1.29, 1.82) is 10.5 Å². The lowest BCUT2D eigenvalue weighted by Crippen LogP contribution is -1.99. The van der Waals surface area contributed by atoms with Crippen molar-refractivity contribution in [3.05, 3.63) is 174 Å². The number of nitriles is 2. The van der Waals surface area contributed by atoms with E-state index in [1.807, 2.05) is 47.0 Å². The first-order valence-electron chi connectivity index (χ1n) is 16.3. The van der Waals surface area contributed by atoms with Crippen molar-refractivity contribution < 1.29 is 0 Å². The molecule has 0 aliphatic carbocycles. The molecule has 0 atom stereocenters. The number of aromatic nitrogens is 2. The van der Waals surface area contributed by atoms with Gasteiger partial charge in [-0.3, -0.25) is 0 Å². The van der Waals surface area contributed by atoms with Crippen LogP contribution in [0.3, 0.4) is 0 Å². The highest BCUT2D eigenvalue weighted by Crippen LogP contribution is 2.41. The van der Waals surface area contributed by atoms with Crippen molar-refractivity contribution in [2.75, 3.05) is 0 Å². The van der Waals surface area contributed by atoms with Crippen molar-refractivity contribution in [1.82, 2.24) is 9.13 Å². The van der Waals surface area contributed by atoms with Crippen LogP contribution in [0, 0.1) is 29.2 Å². The maximum absolute atomic E-state index is 10.6. The second-order valence-corrected chi connectivity index (χ2v) is 12.3. The summed E-state index contributed by atoms with van der Waals surface area (Å²) >= 11 is 0. The third-order valence-electron chi connectivity index (χ3n) is 9.62. The van der Waals surface area contributed by atoms with Crippen molar-refractivity contribution in [3.63, 3.8) is 0 Å². The van der Waals surface area contributed by atoms with Crippen molar-refractivity contribution in [2.24, 2.45) is 0 Å². The maximum Gasteiger partial charge on any atom is 0.189 e. The Hall–Kier alpha value is -7.39. The molecule has 50 heavy (non-hydrogen) atoms. The number of para-hydroxylation sites is 3. The van der Waals surface area contributed by atoms with E-state index in [-0.39, 0.29) is 0 Å². The lowest BCUT2D eigenvalue weighted by atomic mass is 9.92. The topological polar surface area (TPSA) is 61.8 Å². The van der Waals surface area contributed by atoms with Crippen LogP contribution in [-0.2, 0) is 0 Å². The molecule has 0 spiro atoms. The Morgan fingerprint density at radius 1 is 0.460 bits per heavy atom. The zero-order valence-corrected chi connectivity index (χ0v) is 26.7. The first kappa shape index (κ1) is 28.8. The fourth-order valence-corrected chi connectivity index (χ4v) is 7.44. The number of rotatable bonds is 4. The number of fused-ring (bicyclic) bond motifs is 6. The molecule has 0 fully saturated rings. The number of benzene rings is 7. The van der Waals surface area contributed by atoms with Gasteiger partial charge < -0.3 is 9.13 Å².